The number of aliphatic hydroxyl groups excluding tert-OH is 1. The summed E-state index contributed by atoms with van der Waals surface area (Å²) in [6.45, 7) is 3.46. The second-order valence-electron chi connectivity index (χ2n) is 13.3. The smallest absolute Gasteiger partial charge is 0.411 e. The van der Waals surface area contributed by atoms with Gasteiger partial charge in [0.25, 0.3) is 0 Å². The monoisotopic (exact) mass is 729 g/mol. The molecule has 2 heterocycles. The van der Waals surface area contributed by atoms with E-state index < -0.39 is 12.2 Å². The fraction of sp³-hybridized carbons (Fsp3) is 0.238. The topological polar surface area (TPSA) is 139 Å². The van der Waals surface area contributed by atoms with Crippen molar-refractivity contribution in [1.82, 2.24) is 15.2 Å². The molecule has 1 aromatic heterocycles. The summed E-state index contributed by atoms with van der Waals surface area (Å²) in [4.78, 5) is 29.4. The summed E-state index contributed by atoms with van der Waals surface area (Å²) < 4.78 is 6.43. The molecule has 7 rings (SSSR count). The van der Waals surface area contributed by atoms with Gasteiger partial charge in [-0.25, -0.2) is 4.79 Å². The van der Waals surface area contributed by atoms with Gasteiger partial charge < -0.3 is 30.6 Å². The predicted molar refractivity (Wildman–Crippen MR) is 212 cm³/mol. The van der Waals surface area contributed by atoms with Crippen molar-refractivity contribution in [2.45, 2.75) is 38.0 Å². The summed E-state index contributed by atoms with van der Waals surface area (Å²) in [7, 11) is 0. The third kappa shape index (κ3) is 9.13. The Morgan fingerprint density at radius 1 is 0.887 bits per heavy atom. The van der Waals surface area contributed by atoms with E-state index in [-0.39, 0.29) is 16.7 Å². The van der Waals surface area contributed by atoms with E-state index in [1.54, 1.807) is 6.07 Å². The summed E-state index contributed by atoms with van der Waals surface area (Å²) >= 11 is 0.986. The fourth-order valence-electron chi connectivity index (χ4n) is 6.75. The first kappa shape index (κ1) is 35.9. The van der Waals surface area contributed by atoms with Crippen LogP contribution >= 0.6 is 11.3 Å². The van der Waals surface area contributed by atoms with Gasteiger partial charge in [-0.1, -0.05) is 96.3 Å². The van der Waals surface area contributed by atoms with Gasteiger partial charge in [0.2, 0.25) is 0 Å². The molecular formula is C42H43N5O5S. The minimum absolute atomic E-state index is 0.00344. The van der Waals surface area contributed by atoms with E-state index in [1.165, 1.54) is 17.2 Å². The van der Waals surface area contributed by atoms with E-state index in [0.29, 0.717) is 28.9 Å². The Morgan fingerprint density at radius 3 is 2.40 bits per heavy atom. The van der Waals surface area contributed by atoms with Crippen LogP contribution in [-0.4, -0.2) is 58.5 Å². The lowest BCUT2D eigenvalue weighted by Gasteiger charge is -2.32. The average Bonchev–Trinajstić information content (AvgIpc) is 3.58. The first-order valence-corrected chi connectivity index (χ1v) is 18.7. The molecule has 11 heteroatoms. The minimum Gasteiger partial charge on any atom is -0.506 e. The molecule has 53 heavy (non-hydrogen) atoms. The van der Waals surface area contributed by atoms with Gasteiger partial charge in [-0.3, -0.25) is 15.0 Å². The van der Waals surface area contributed by atoms with Crippen molar-refractivity contribution in [3.63, 3.8) is 0 Å². The minimum atomic E-state index is -0.809. The zero-order chi connectivity index (χ0) is 36.6. The third-order valence-electron chi connectivity index (χ3n) is 9.58. The molecule has 6 aromatic rings. The Hall–Kier alpha value is -5.46. The number of nitrogens with zero attached hydrogens (tertiary/aromatic N) is 1. The number of benzene rings is 5. The summed E-state index contributed by atoms with van der Waals surface area (Å²) in [6, 6.07) is 37.6. The summed E-state index contributed by atoms with van der Waals surface area (Å²) in [5.41, 5.74) is 8.13. The molecule has 0 bridgehead atoms. The fourth-order valence-corrected chi connectivity index (χ4v) is 7.67. The van der Waals surface area contributed by atoms with Crippen LogP contribution in [0.2, 0.25) is 0 Å². The number of carbonyl (C=O) groups excluding carboxylic acids is 1. The summed E-state index contributed by atoms with van der Waals surface area (Å²) in [5.74, 6) is -0.00344. The lowest BCUT2D eigenvalue weighted by molar-refractivity contribution is 0.0567. The highest BCUT2D eigenvalue weighted by Crippen LogP contribution is 2.32. The van der Waals surface area contributed by atoms with E-state index >= 15 is 0 Å². The molecule has 1 atom stereocenters. The number of phenolic OH excluding ortho intramolecular Hbond substituents is 1. The normalized spacial score (nSPS) is 14.2. The zero-order valence-electron chi connectivity index (χ0n) is 29.3. The van der Waals surface area contributed by atoms with Crippen LogP contribution in [0.15, 0.2) is 120 Å². The SMILES string of the molecule is O=C(Nc1ccccc1-c1ccccc1)OC1CCN(Cc2ccccc2Nc2ccc(CCNCC(O)c3ccc(O)c4[nH]c(=O)sc34)cc2)CC1. The number of hydrogen-bond donors (Lipinski definition) is 6. The molecule has 0 radical (unpaired) electrons. The molecule has 272 valence electrons. The molecule has 0 saturated carbocycles. The number of nitrogens with one attached hydrogen (secondary N) is 4. The van der Waals surface area contributed by atoms with E-state index in [2.05, 4.69) is 68.3 Å². The van der Waals surface area contributed by atoms with Crippen molar-refractivity contribution in [1.29, 1.82) is 0 Å². The van der Waals surface area contributed by atoms with Crippen molar-refractivity contribution in [3.8, 4) is 16.9 Å². The van der Waals surface area contributed by atoms with E-state index in [4.69, 9.17) is 4.74 Å². The Balaban J connectivity index is 0.856. The number of para-hydroxylation sites is 2. The number of aromatic nitrogens is 1. The Morgan fingerprint density at radius 2 is 1.60 bits per heavy atom. The molecular weight excluding hydrogens is 687 g/mol. The second-order valence-corrected chi connectivity index (χ2v) is 14.2. The maximum Gasteiger partial charge on any atom is 0.411 e. The molecule has 0 spiro atoms. The Labute approximate surface area is 312 Å². The number of fused-ring (bicyclic) bond motifs is 1. The molecule has 10 nitrogen and oxygen atoms in total. The van der Waals surface area contributed by atoms with Crippen molar-refractivity contribution in [2.75, 3.05) is 36.8 Å². The standard InChI is InChI=1S/C42H43N5O5S/c48-37-19-18-34(40-39(37)46-42(51)53-40)38(49)26-43-23-20-28-14-16-31(17-15-28)44-35-12-6-4-10-30(35)27-47-24-21-32(22-25-47)52-41(50)45-36-13-7-5-11-33(36)29-8-2-1-3-9-29/h1-19,32,38,43-44,48-49H,20-27H2,(H,45,50)(H,46,51). The zero-order valence-corrected chi connectivity index (χ0v) is 30.1. The van der Waals surface area contributed by atoms with Gasteiger partial charge in [0, 0.05) is 48.7 Å². The average molecular weight is 730 g/mol. The van der Waals surface area contributed by atoms with Crippen LogP contribution < -0.4 is 20.8 Å². The highest BCUT2D eigenvalue weighted by Gasteiger charge is 2.23. The lowest BCUT2D eigenvalue weighted by Crippen LogP contribution is -2.38. The number of thiazole rings is 1. The quantitative estimate of drug-likeness (QED) is 0.0663. The van der Waals surface area contributed by atoms with Gasteiger partial charge in [0.05, 0.1) is 16.5 Å². The highest BCUT2D eigenvalue weighted by molar-refractivity contribution is 7.16. The lowest BCUT2D eigenvalue weighted by atomic mass is 10.0. The number of rotatable bonds is 13. The number of H-pyrrole nitrogens is 1. The van der Waals surface area contributed by atoms with Gasteiger partial charge in [-0.05, 0) is 72.8 Å². The largest absolute Gasteiger partial charge is 0.506 e. The van der Waals surface area contributed by atoms with Crippen LogP contribution in [0.3, 0.4) is 0 Å². The number of aromatic amines is 1. The van der Waals surface area contributed by atoms with Crippen LogP contribution in [0, 0.1) is 0 Å². The number of ether oxygens (including phenoxy) is 1. The van der Waals surface area contributed by atoms with Crippen LogP contribution in [0.5, 0.6) is 5.75 Å². The first-order chi connectivity index (χ1) is 25.9. The van der Waals surface area contributed by atoms with E-state index in [1.807, 2.05) is 60.7 Å². The van der Waals surface area contributed by atoms with Crippen LogP contribution in [-0.2, 0) is 17.7 Å². The number of anilines is 3. The second kappa shape index (κ2) is 16.9. The van der Waals surface area contributed by atoms with Crippen LogP contribution in [0.4, 0.5) is 21.9 Å². The molecule has 1 aliphatic rings. The maximum absolute atomic E-state index is 12.9. The van der Waals surface area contributed by atoms with Crippen molar-refractivity contribution in [3.05, 3.63) is 142 Å². The van der Waals surface area contributed by atoms with Crippen molar-refractivity contribution >= 4 is 44.7 Å². The van der Waals surface area contributed by atoms with Crippen LogP contribution in [0.25, 0.3) is 21.3 Å². The first-order valence-electron chi connectivity index (χ1n) is 17.9. The van der Waals surface area contributed by atoms with Gasteiger partial charge in [-0.15, -0.1) is 0 Å². The predicted octanol–water partition coefficient (Wildman–Crippen LogP) is 7.78. The number of hydrogen-bond acceptors (Lipinski definition) is 9. The molecule has 1 unspecified atom stereocenters. The maximum atomic E-state index is 12.9. The van der Waals surface area contributed by atoms with Gasteiger partial charge in [0.15, 0.2) is 0 Å². The molecule has 5 aromatic carbocycles. The molecule has 1 saturated heterocycles. The van der Waals surface area contributed by atoms with Gasteiger partial charge in [-0.2, -0.15) is 0 Å². The van der Waals surface area contributed by atoms with Gasteiger partial charge >= 0.3 is 11.0 Å². The molecule has 1 aliphatic heterocycles. The summed E-state index contributed by atoms with van der Waals surface area (Å²) in [6.07, 6.45) is 0.966. The summed E-state index contributed by atoms with van der Waals surface area (Å²) in [5, 5.41) is 30.6. The molecule has 1 amide bonds. The third-order valence-corrected chi connectivity index (χ3v) is 10.5. The highest BCUT2D eigenvalue weighted by atomic mass is 32.1. The van der Waals surface area contributed by atoms with E-state index in [0.717, 1.165) is 78.4 Å². The van der Waals surface area contributed by atoms with Crippen LogP contribution in [0.1, 0.15) is 35.6 Å². The number of likely N-dealkylation sites (tertiary alicyclic amines) is 1. The number of piperidine rings is 1. The number of phenols is 1. The van der Waals surface area contributed by atoms with E-state index in [9.17, 15) is 19.8 Å². The van der Waals surface area contributed by atoms with Crippen molar-refractivity contribution in [2.24, 2.45) is 0 Å². The number of amides is 1. The number of carbonyl (C=O) groups is 1. The molecule has 1 fully saturated rings. The number of aliphatic hydroxyl groups is 1. The Bertz CT molecular complexity index is 2200. The van der Waals surface area contributed by atoms with Gasteiger partial charge in [0.1, 0.15) is 17.4 Å². The van der Waals surface area contributed by atoms with Crippen molar-refractivity contribution < 1.29 is 19.7 Å². The Kier molecular flexibility index (Phi) is 11.5. The molecule has 0 aliphatic carbocycles. The number of aromatic hydroxyl groups is 1. The molecule has 6 N–H and O–H groups in total.